The van der Waals surface area contributed by atoms with E-state index in [1.165, 1.54) is 5.56 Å². The molecule has 2 atom stereocenters. The van der Waals surface area contributed by atoms with Gasteiger partial charge in [-0.15, -0.1) is 0 Å². The van der Waals surface area contributed by atoms with E-state index in [0.29, 0.717) is 12.0 Å². The van der Waals surface area contributed by atoms with Crippen LogP contribution in [0.5, 0.6) is 11.5 Å². The molecule has 31 heavy (non-hydrogen) atoms. The summed E-state index contributed by atoms with van der Waals surface area (Å²) >= 11 is 0. The van der Waals surface area contributed by atoms with Crippen LogP contribution in [0.25, 0.3) is 0 Å². The lowest BCUT2D eigenvalue weighted by Gasteiger charge is -2.19. The van der Waals surface area contributed by atoms with E-state index in [4.69, 9.17) is 18.9 Å². The fourth-order valence-electron chi connectivity index (χ4n) is 4.04. The molecule has 2 fully saturated rings. The second-order valence-electron chi connectivity index (χ2n) is 8.24. The first kappa shape index (κ1) is 23.6. The van der Waals surface area contributed by atoms with Crippen molar-refractivity contribution in [1.82, 2.24) is 15.5 Å². The van der Waals surface area contributed by atoms with Crippen molar-refractivity contribution in [3.05, 3.63) is 23.8 Å². The van der Waals surface area contributed by atoms with E-state index in [1.807, 2.05) is 13.1 Å². The predicted octanol–water partition coefficient (Wildman–Crippen LogP) is 1.89. The standard InChI is InChI=1S/C23H38N4O4/c1-24-23(25-7-4-9-30-16-18-6-10-31-17-18)26-20-5-8-27(15-20)14-19-11-21(28-2)13-22(12-19)29-3/h11-13,18,20H,4-10,14-17H2,1-3H3,(H2,24,25,26). The van der Waals surface area contributed by atoms with Crippen molar-refractivity contribution in [1.29, 1.82) is 0 Å². The Kier molecular flexibility index (Phi) is 9.71. The Labute approximate surface area is 186 Å². The van der Waals surface area contributed by atoms with Gasteiger partial charge in [-0.1, -0.05) is 0 Å². The van der Waals surface area contributed by atoms with Crippen LogP contribution in [-0.4, -0.2) is 84.2 Å². The summed E-state index contributed by atoms with van der Waals surface area (Å²) < 4.78 is 21.9. The first-order chi connectivity index (χ1) is 15.2. The Balaban J connectivity index is 1.33. The summed E-state index contributed by atoms with van der Waals surface area (Å²) in [5, 5.41) is 6.95. The summed E-state index contributed by atoms with van der Waals surface area (Å²) in [5.74, 6) is 3.09. The van der Waals surface area contributed by atoms with Gasteiger partial charge in [-0.3, -0.25) is 9.89 Å². The van der Waals surface area contributed by atoms with Crippen molar-refractivity contribution >= 4 is 5.96 Å². The van der Waals surface area contributed by atoms with Crippen LogP contribution in [0.2, 0.25) is 0 Å². The Morgan fingerprint density at radius 2 is 2.00 bits per heavy atom. The summed E-state index contributed by atoms with van der Waals surface area (Å²) in [6.45, 7) is 7.05. The molecule has 0 amide bonds. The Hall–Kier alpha value is -2.03. The number of nitrogens with one attached hydrogen (secondary N) is 2. The van der Waals surface area contributed by atoms with E-state index in [9.17, 15) is 0 Å². The van der Waals surface area contributed by atoms with Crippen LogP contribution < -0.4 is 20.1 Å². The molecule has 0 saturated carbocycles. The lowest BCUT2D eigenvalue weighted by atomic mass is 10.1. The molecule has 0 aliphatic carbocycles. The van der Waals surface area contributed by atoms with E-state index < -0.39 is 0 Å². The van der Waals surface area contributed by atoms with Gasteiger partial charge < -0.3 is 29.6 Å². The van der Waals surface area contributed by atoms with E-state index in [-0.39, 0.29) is 0 Å². The van der Waals surface area contributed by atoms with Crippen LogP contribution >= 0.6 is 0 Å². The van der Waals surface area contributed by atoms with E-state index in [1.54, 1.807) is 14.2 Å². The lowest BCUT2D eigenvalue weighted by Crippen LogP contribution is -2.44. The number of ether oxygens (including phenoxy) is 4. The second-order valence-corrected chi connectivity index (χ2v) is 8.24. The monoisotopic (exact) mass is 434 g/mol. The van der Waals surface area contributed by atoms with Gasteiger partial charge in [0.25, 0.3) is 0 Å². The highest BCUT2D eigenvalue weighted by Gasteiger charge is 2.23. The van der Waals surface area contributed by atoms with Gasteiger partial charge in [0.05, 0.1) is 27.4 Å². The summed E-state index contributed by atoms with van der Waals surface area (Å²) in [7, 11) is 5.19. The first-order valence-electron chi connectivity index (χ1n) is 11.3. The van der Waals surface area contributed by atoms with Crippen molar-refractivity contribution in [3.63, 3.8) is 0 Å². The molecular formula is C23H38N4O4. The number of hydrogen-bond donors (Lipinski definition) is 2. The fourth-order valence-corrected chi connectivity index (χ4v) is 4.04. The zero-order valence-corrected chi connectivity index (χ0v) is 19.2. The van der Waals surface area contributed by atoms with E-state index >= 15 is 0 Å². The second kappa shape index (κ2) is 12.7. The van der Waals surface area contributed by atoms with Gasteiger partial charge in [0, 0.05) is 64.5 Å². The molecule has 1 aromatic carbocycles. The first-order valence-corrected chi connectivity index (χ1v) is 11.3. The van der Waals surface area contributed by atoms with Crippen molar-refractivity contribution in [2.24, 2.45) is 10.9 Å². The van der Waals surface area contributed by atoms with Crippen LogP contribution in [0.1, 0.15) is 24.8 Å². The maximum atomic E-state index is 5.77. The molecule has 0 aromatic heterocycles. The molecule has 0 radical (unpaired) electrons. The van der Waals surface area contributed by atoms with Gasteiger partial charge in [0.2, 0.25) is 0 Å². The van der Waals surface area contributed by atoms with Crippen LogP contribution in [-0.2, 0) is 16.0 Å². The van der Waals surface area contributed by atoms with Gasteiger partial charge in [0.15, 0.2) is 5.96 Å². The largest absolute Gasteiger partial charge is 0.497 e. The van der Waals surface area contributed by atoms with Gasteiger partial charge >= 0.3 is 0 Å². The smallest absolute Gasteiger partial charge is 0.191 e. The molecule has 8 nitrogen and oxygen atoms in total. The third-order valence-corrected chi connectivity index (χ3v) is 5.79. The summed E-state index contributed by atoms with van der Waals surface area (Å²) in [6.07, 6.45) is 3.18. The summed E-state index contributed by atoms with van der Waals surface area (Å²) in [5.41, 5.74) is 1.20. The zero-order chi connectivity index (χ0) is 21.9. The van der Waals surface area contributed by atoms with Crippen molar-refractivity contribution in [3.8, 4) is 11.5 Å². The van der Waals surface area contributed by atoms with E-state index in [2.05, 4.69) is 32.7 Å². The minimum Gasteiger partial charge on any atom is -0.497 e. The van der Waals surface area contributed by atoms with Crippen molar-refractivity contribution in [2.45, 2.75) is 31.8 Å². The molecule has 2 aliphatic rings. The molecule has 2 N–H and O–H groups in total. The van der Waals surface area contributed by atoms with Crippen molar-refractivity contribution < 1.29 is 18.9 Å². The third kappa shape index (κ3) is 7.87. The molecule has 174 valence electrons. The topological polar surface area (TPSA) is 76.6 Å². The SMILES string of the molecule is CN=C(NCCCOCC1CCOC1)NC1CCN(Cc2cc(OC)cc(OC)c2)C1. The quantitative estimate of drug-likeness (QED) is 0.313. The minimum absolute atomic E-state index is 0.386. The lowest BCUT2D eigenvalue weighted by molar-refractivity contribution is 0.0888. The molecule has 2 heterocycles. The zero-order valence-electron chi connectivity index (χ0n) is 19.2. The van der Waals surface area contributed by atoms with Gasteiger partial charge in [-0.25, -0.2) is 0 Å². The molecule has 3 rings (SSSR count). The summed E-state index contributed by atoms with van der Waals surface area (Å²) in [6, 6.07) is 6.44. The number of aliphatic imine (C=N–C) groups is 1. The van der Waals surface area contributed by atoms with Crippen LogP contribution in [0.3, 0.4) is 0 Å². The maximum Gasteiger partial charge on any atom is 0.191 e. The number of methoxy groups -OCH3 is 2. The predicted molar refractivity (Wildman–Crippen MR) is 122 cm³/mol. The van der Waals surface area contributed by atoms with E-state index in [0.717, 1.165) is 89.3 Å². The Bertz CT molecular complexity index is 672. The number of rotatable bonds is 11. The van der Waals surface area contributed by atoms with Crippen LogP contribution in [0, 0.1) is 5.92 Å². The normalized spacial score (nSPS) is 22.0. The molecule has 8 heteroatoms. The number of hydrogen-bond acceptors (Lipinski definition) is 6. The molecule has 0 spiro atoms. The van der Waals surface area contributed by atoms with Gasteiger partial charge in [-0.2, -0.15) is 0 Å². The minimum atomic E-state index is 0.386. The van der Waals surface area contributed by atoms with Crippen LogP contribution in [0.15, 0.2) is 23.2 Å². The van der Waals surface area contributed by atoms with Gasteiger partial charge in [0.1, 0.15) is 11.5 Å². The van der Waals surface area contributed by atoms with Gasteiger partial charge in [-0.05, 0) is 37.0 Å². The van der Waals surface area contributed by atoms with Crippen molar-refractivity contribution in [2.75, 3.05) is 67.3 Å². The molecule has 0 bridgehead atoms. The average molecular weight is 435 g/mol. The molecular weight excluding hydrogens is 396 g/mol. The number of benzene rings is 1. The highest BCUT2D eigenvalue weighted by Crippen LogP contribution is 2.24. The Morgan fingerprint density at radius 1 is 1.19 bits per heavy atom. The van der Waals surface area contributed by atoms with Crippen LogP contribution in [0.4, 0.5) is 0 Å². The highest BCUT2D eigenvalue weighted by atomic mass is 16.5. The Morgan fingerprint density at radius 3 is 2.68 bits per heavy atom. The molecule has 1 aromatic rings. The number of guanidine groups is 1. The average Bonchev–Trinajstić information content (AvgIpc) is 3.47. The third-order valence-electron chi connectivity index (χ3n) is 5.79. The highest BCUT2D eigenvalue weighted by molar-refractivity contribution is 5.79. The molecule has 2 aliphatic heterocycles. The maximum absolute atomic E-state index is 5.77. The molecule has 2 unspecified atom stereocenters. The molecule has 2 saturated heterocycles. The number of likely N-dealkylation sites (tertiary alicyclic amines) is 1. The number of nitrogens with zero attached hydrogens (tertiary/aromatic N) is 2. The fraction of sp³-hybridized carbons (Fsp3) is 0.696. The summed E-state index contributed by atoms with van der Waals surface area (Å²) in [4.78, 5) is 6.82.